The van der Waals surface area contributed by atoms with Gasteiger partial charge in [-0.3, -0.25) is 4.79 Å². The van der Waals surface area contributed by atoms with Gasteiger partial charge in [0, 0.05) is 121 Å². The Morgan fingerprint density at radius 2 is 0.966 bits per heavy atom. The number of benzene rings is 7. The Bertz CT molecular complexity index is 4680. The SMILES string of the molecule is CC(C)OB(OC(C)C)OC(C)C.CCO.CCOC(=S)Sc1cc(C)c(C)c(OC)c1.CCOC(CBr)OCC.CCOC(CSc1cc(C)c(C)c(OC)c1)OCC.CCO[C-]=S.COc1c(C)c(C)cc2sc(B(O)O)cc12.COc1c(C)c(C)cc2sccc12.COc1cc(N)cc(C)c1C.COc1cc(S)cc(C)c1C.Cc1ccccc1.Cl.O=CO[O-].O=N[O-].O=[P+]([O-])OO.[CH2-]CCC.[H-].[HH].[K+].[K+].[K+].[Li+].[Na+].[Na+].[OH-].[SH-]. The van der Waals surface area contributed by atoms with Crippen molar-refractivity contribution in [3.63, 3.8) is 0 Å². The molecule has 0 radical (unpaired) electrons. The minimum atomic E-state index is -3.04. The second kappa shape index (κ2) is 117. The van der Waals surface area contributed by atoms with Gasteiger partial charge in [0.25, 0.3) is 6.47 Å². The molecule has 0 amide bonds. The molecule has 0 fully saturated rings. The van der Waals surface area contributed by atoms with Crippen molar-refractivity contribution in [3.05, 3.63) is 198 Å². The van der Waals surface area contributed by atoms with Crippen LogP contribution in [0.2, 0.25) is 0 Å². The van der Waals surface area contributed by atoms with Crippen LogP contribution in [0.3, 0.4) is 0 Å². The summed E-state index contributed by atoms with van der Waals surface area (Å²) in [6.07, 6.45) is 2.40. The third-order valence-electron chi connectivity index (χ3n) is 17.6. The maximum Gasteiger partial charge on any atom is 1.00 e. The van der Waals surface area contributed by atoms with Crippen LogP contribution in [0.4, 0.5) is 5.69 Å². The van der Waals surface area contributed by atoms with Gasteiger partial charge in [-0.1, -0.05) is 65.2 Å². The number of hydrogen-bond donors (Lipinski definition) is 6. The van der Waals surface area contributed by atoms with E-state index in [-0.39, 0.29) is 310 Å². The van der Waals surface area contributed by atoms with Crippen LogP contribution in [0.25, 0.3) is 20.2 Å². The molecule has 9 aromatic rings. The minimum Gasteiger partial charge on any atom is -1.00 e. The number of fused-ring (bicyclic) bond motifs is 2. The third-order valence-corrected chi connectivity index (χ3v) is 22.8. The predicted octanol–water partition coefficient (Wildman–Crippen LogP) is 5.79. The van der Waals surface area contributed by atoms with Crippen LogP contribution in [0, 0.1) is 107 Å². The molecule has 0 aliphatic carbocycles. The molecule has 7 aromatic carbocycles. The summed E-state index contributed by atoms with van der Waals surface area (Å²) in [4.78, 5) is 31.4. The van der Waals surface area contributed by atoms with Crippen LogP contribution < -0.4 is 281 Å². The Kier molecular flexibility index (Phi) is 144. The van der Waals surface area contributed by atoms with E-state index in [9.17, 15) is 0 Å². The molecule has 49 heteroatoms. The monoisotopic (exact) mass is 2420 g/mol. The van der Waals surface area contributed by atoms with E-state index < -0.39 is 22.7 Å². The summed E-state index contributed by atoms with van der Waals surface area (Å²) < 4.78 is 94.1. The number of nitrogens with two attached hydrogens (primary N) is 1. The molecule has 2 aromatic heterocycles. The molecule has 1 atom stereocenters. The number of carbonyl (C=O) groups is 1. The van der Waals surface area contributed by atoms with E-state index >= 15 is 0 Å². The largest absolute Gasteiger partial charge is 1.00 e. The van der Waals surface area contributed by atoms with Gasteiger partial charge in [-0.05, 0) is 347 Å². The standard InChI is InChI=1S/C15H24O3S.C12H16O2S2.C11H13BO3S.C11H12OS.C9H21BO3.C9H13NO.C9H12OS.C7H8.C6H13BrO2.C4H9.C3H5OS.C2H6O.CH2O3.ClH.3K.Li.HNO2.2Na.HO4P.H2O.H2S.H2.H/c1-6-17-15(18-7-2)10-19-13-8-11(3)12(4)14(9-13)16-5;1-5-14-12(15)16-10-6-8(2)9(3)11(7-10)13-4;1-6-4-9-8(11(15-3)7(6)2)5-10(16-9)12(13)14;1-7-6-10-9(4-5-13-10)11(12-3)8(7)2;1-7(2)11-10(12-8(3)4)13-9(5)6;1-6-4-8(10)5-9(11-3)7(6)2;1-6-4-8(11)5-9(10-3)7(6)2;1-7-5-3-2-4-6-7;1-3-8-6(5-7)9-4-2;1-3-4-2;1-2-4-3-5;1-2-3;2-1-4-3;;;;;;2-1-3;;;1-4-5(2)3;;;;/h8-9,15H,6-7,10H2,1-5H3;6-7H,5H2,1-4H3;4-5,13-14H,1-3H3;4-6H,1-3H3;7-9H,1-6H3;4-5H,10H2,1-3H3;4-5,11H,1-3H3;2-6H,1H3;6H,3-5H2,1-2H3;1,3-4H2,2H3;2H2,1H3;3H,2H2,1H3;1,3H;1H;;;;;(H,2,3);;;1H;2*1H2;1H;/q;;;;;;;;;2*-1;;;;4*+1;;2*+1;;;;;-1/p-4. The first-order valence-electron chi connectivity index (χ1n) is 44.3. The van der Waals surface area contributed by atoms with Crippen molar-refractivity contribution in [2.45, 2.75) is 245 Å². The van der Waals surface area contributed by atoms with E-state index in [0.717, 1.165) is 105 Å². The number of alkyl halides is 1. The molecule has 1 unspecified atom stereocenters. The van der Waals surface area contributed by atoms with Gasteiger partial charge in [-0.15, -0.1) is 64.8 Å². The van der Waals surface area contributed by atoms with E-state index in [1.54, 1.807) is 78.7 Å². The van der Waals surface area contributed by atoms with E-state index in [1.807, 2.05) is 179 Å². The molecule has 0 saturated heterocycles. The molecule has 0 bridgehead atoms. The molecular weight excluding hydrogens is 2260 g/mol. The van der Waals surface area contributed by atoms with Gasteiger partial charge in [0.1, 0.15) is 34.5 Å². The number of aryl methyl sites for hydroxylation is 7. The molecular formula is C99H160B2BrClK3LiN2Na2O28PS8-. The molecule has 30 nitrogen and oxygen atoms in total. The number of aliphatic hydroxyl groups is 1. The number of anilines is 1. The van der Waals surface area contributed by atoms with Crippen LogP contribution in [-0.4, -0.2) is 188 Å². The van der Waals surface area contributed by atoms with Crippen LogP contribution in [-0.2, 0) is 74.8 Å². The number of thioether (sulfide) groups is 2. The zero-order valence-corrected chi connectivity index (χ0v) is 118. The number of aliphatic hydroxyl groups excluding tert-OH is 1. The maximum atomic E-state index is 9.15. The number of halogens is 2. The number of unbranched alkanes of at least 4 members (excludes halogenated alkanes) is 1. The van der Waals surface area contributed by atoms with Gasteiger partial charge >= 0.3 is 255 Å². The first-order chi connectivity index (χ1) is 65.8. The fourth-order valence-corrected chi connectivity index (χ4v) is 15.3. The summed E-state index contributed by atoms with van der Waals surface area (Å²) in [5, 5.41) is 55.4. The van der Waals surface area contributed by atoms with Gasteiger partial charge in [-0.25, -0.2) is 10.8 Å². The Hall–Kier alpha value is 1.02. The van der Waals surface area contributed by atoms with Gasteiger partial charge in [-0.2, -0.15) is 6.42 Å². The van der Waals surface area contributed by atoms with Crippen molar-refractivity contribution in [1.29, 1.82) is 0 Å². The molecule has 2 heterocycles. The maximum absolute atomic E-state index is 9.15. The second-order valence-electron chi connectivity index (χ2n) is 29.0. The molecule has 0 aliphatic heterocycles. The number of hydrogen-bond acceptors (Lipinski definition) is 38. The summed E-state index contributed by atoms with van der Waals surface area (Å²) >= 11 is 23.1. The smallest absolute Gasteiger partial charge is 1.00 e. The minimum absolute atomic E-state index is 0. The topological polar surface area (TPSA) is 427 Å². The number of rotatable bonds is 32. The Labute approximate surface area is 1130 Å². The summed E-state index contributed by atoms with van der Waals surface area (Å²) in [6, 6.07) is 34.5. The van der Waals surface area contributed by atoms with Crippen LogP contribution in [0.5, 0.6) is 34.5 Å². The number of nitrogens with zero attached hydrogens (tertiary/aromatic N) is 1. The van der Waals surface area contributed by atoms with E-state index in [4.69, 9.17) is 134 Å². The number of thiophene rings is 2. The van der Waals surface area contributed by atoms with Crippen molar-refractivity contribution in [1.82, 2.24) is 0 Å². The fourth-order valence-electron chi connectivity index (χ4n) is 10.4. The van der Waals surface area contributed by atoms with Gasteiger partial charge in [0.2, 0.25) is 4.38 Å². The molecule has 814 valence electrons. The quantitative estimate of drug-likeness (QED) is 0.00230. The molecule has 0 aliphatic rings. The number of methoxy groups -OCH3 is 6. The van der Waals surface area contributed by atoms with Crippen LogP contribution in [0.1, 0.15) is 185 Å². The van der Waals surface area contributed by atoms with Crippen molar-refractivity contribution in [3.8, 4) is 34.5 Å². The summed E-state index contributed by atoms with van der Waals surface area (Å²) in [6.45, 7) is 61.6. The normalized spacial score (nSPS) is 9.30. The average molecular weight is 2420 g/mol. The third kappa shape index (κ3) is 89.6. The molecule has 9 rings (SSSR count). The Balaban J connectivity index is -0.0000000859. The number of thiocarbonyl (C=S) groups is 2. The molecule has 7 N–H and O–H groups in total. The van der Waals surface area contributed by atoms with Gasteiger partial charge < -0.3 is 156 Å². The van der Waals surface area contributed by atoms with E-state index in [1.165, 1.54) is 94.6 Å². The van der Waals surface area contributed by atoms with Gasteiger partial charge in [0.05, 0.1) is 54.6 Å². The summed E-state index contributed by atoms with van der Waals surface area (Å²) in [7, 11) is 5.08. The number of ether oxygens (including phenoxy) is 12. The molecule has 0 saturated carbocycles. The first kappa shape index (κ1) is 182. The Morgan fingerprint density at radius 3 is 1.29 bits per heavy atom. The van der Waals surface area contributed by atoms with Crippen molar-refractivity contribution < 1.29 is 361 Å². The van der Waals surface area contributed by atoms with Crippen LogP contribution in [0.15, 0.2) is 129 Å². The number of carbonyl (C=O) groups excluding carboxylic acids is 1. The molecule has 148 heavy (non-hydrogen) atoms. The number of nitrogen functional groups attached to an aromatic ring is 1. The van der Waals surface area contributed by atoms with E-state index in [0.29, 0.717) is 48.8 Å². The zero-order valence-electron chi connectivity index (χ0n) is 95.7. The fraction of sp³-hybridized carbons (Fsp3) is 0.495. The summed E-state index contributed by atoms with van der Waals surface area (Å²) in [5.74, 6) is 6.23. The first-order valence-corrected chi connectivity index (χ1v) is 51.3. The van der Waals surface area contributed by atoms with Crippen molar-refractivity contribution in [2.75, 3.05) is 106 Å². The summed E-state index contributed by atoms with van der Waals surface area (Å²) in [5.41, 5.74) is 24.1. The van der Waals surface area contributed by atoms with Gasteiger partial charge in [0.15, 0.2) is 12.6 Å². The second-order valence-corrected chi connectivity index (χ2v) is 35.8. The van der Waals surface area contributed by atoms with E-state index in [2.05, 4.69) is 171 Å². The van der Waals surface area contributed by atoms with Crippen LogP contribution >= 0.6 is 120 Å². The average Bonchev–Trinajstić information content (AvgIpc) is 1.64. The number of thiol groups is 2. The van der Waals surface area contributed by atoms with Crippen molar-refractivity contribution >= 4 is 195 Å². The Morgan fingerprint density at radius 1 is 0.608 bits per heavy atom. The predicted molar refractivity (Wildman–Crippen MR) is 607 cm³/mol. The zero-order chi connectivity index (χ0) is 108. The van der Waals surface area contributed by atoms with Crippen molar-refractivity contribution in [2.24, 2.45) is 5.34 Å². The molecule has 0 spiro atoms.